The molecule has 0 saturated carbocycles. The number of amides is 1. The van der Waals surface area contributed by atoms with Crippen LogP contribution in [0, 0.1) is 13.8 Å². The predicted octanol–water partition coefficient (Wildman–Crippen LogP) is 3.78. The van der Waals surface area contributed by atoms with E-state index in [4.69, 9.17) is 13.9 Å². The van der Waals surface area contributed by atoms with Gasteiger partial charge >= 0.3 is 5.97 Å². The molecule has 2 aromatic carbocycles. The Morgan fingerprint density at radius 3 is 2.74 bits per heavy atom. The molecule has 0 atom stereocenters. The van der Waals surface area contributed by atoms with Crippen molar-refractivity contribution in [1.29, 1.82) is 0 Å². The lowest BCUT2D eigenvalue weighted by Gasteiger charge is -2.08. The number of carbonyl (C=O) groups excluding carboxylic acids is 2. The maximum Gasteiger partial charge on any atom is 0.310 e. The van der Waals surface area contributed by atoms with E-state index in [1.807, 2.05) is 26.0 Å². The molecule has 0 saturated heterocycles. The largest absolute Gasteiger partial charge is 0.497 e. The van der Waals surface area contributed by atoms with Crippen LogP contribution >= 0.6 is 0 Å². The SMILES string of the molecule is COc1cccc(NC(=O)COC(=O)Cc2coc3c(C)c(C)ccc23)c1. The fourth-order valence-corrected chi connectivity index (χ4v) is 2.78. The Morgan fingerprint density at radius 2 is 1.96 bits per heavy atom. The van der Waals surface area contributed by atoms with Crippen LogP contribution in [0.1, 0.15) is 16.7 Å². The van der Waals surface area contributed by atoms with E-state index in [0.717, 1.165) is 27.7 Å². The molecule has 6 nitrogen and oxygen atoms in total. The summed E-state index contributed by atoms with van der Waals surface area (Å²) in [5.41, 5.74) is 4.26. The maximum atomic E-state index is 12.1. The first-order valence-electron chi connectivity index (χ1n) is 8.53. The van der Waals surface area contributed by atoms with Gasteiger partial charge in [0.15, 0.2) is 6.61 Å². The van der Waals surface area contributed by atoms with Crippen LogP contribution in [0.2, 0.25) is 0 Å². The topological polar surface area (TPSA) is 77.8 Å². The molecule has 0 spiro atoms. The second-order valence-corrected chi connectivity index (χ2v) is 6.26. The molecule has 3 aromatic rings. The molecule has 0 aliphatic rings. The Labute approximate surface area is 157 Å². The fraction of sp³-hybridized carbons (Fsp3) is 0.238. The van der Waals surface area contributed by atoms with Gasteiger partial charge in [0.2, 0.25) is 0 Å². The van der Waals surface area contributed by atoms with Crippen LogP contribution < -0.4 is 10.1 Å². The van der Waals surface area contributed by atoms with Crippen LogP contribution in [0.5, 0.6) is 5.75 Å². The molecule has 0 bridgehead atoms. The number of furan rings is 1. The van der Waals surface area contributed by atoms with Gasteiger partial charge in [0, 0.05) is 22.7 Å². The van der Waals surface area contributed by atoms with Crippen molar-refractivity contribution in [2.75, 3.05) is 19.0 Å². The number of nitrogens with one attached hydrogen (secondary N) is 1. The number of esters is 1. The van der Waals surface area contributed by atoms with Crippen molar-refractivity contribution < 1.29 is 23.5 Å². The van der Waals surface area contributed by atoms with Crippen LogP contribution in [0.15, 0.2) is 47.1 Å². The number of rotatable bonds is 6. The van der Waals surface area contributed by atoms with Crippen molar-refractivity contribution in [2.45, 2.75) is 20.3 Å². The van der Waals surface area contributed by atoms with E-state index in [0.29, 0.717) is 11.4 Å². The van der Waals surface area contributed by atoms with Crippen LogP contribution in [0.3, 0.4) is 0 Å². The van der Waals surface area contributed by atoms with Crippen LogP contribution in [0.4, 0.5) is 5.69 Å². The van der Waals surface area contributed by atoms with E-state index in [1.165, 1.54) is 0 Å². The third-order valence-corrected chi connectivity index (χ3v) is 4.39. The van der Waals surface area contributed by atoms with Gasteiger partial charge in [0.05, 0.1) is 19.8 Å². The number of benzene rings is 2. The molecular weight excluding hydrogens is 346 g/mol. The standard InChI is InChI=1S/C21H21NO5/c1-13-7-8-18-15(11-27-21(18)14(13)2)9-20(24)26-12-19(23)22-16-5-4-6-17(10-16)25-3/h4-8,10-11H,9,12H2,1-3H3,(H,22,23). The summed E-state index contributed by atoms with van der Waals surface area (Å²) in [4.78, 5) is 24.1. The molecule has 0 unspecified atom stereocenters. The van der Waals surface area contributed by atoms with E-state index in [-0.39, 0.29) is 13.0 Å². The first-order chi connectivity index (χ1) is 13.0. The summed E-state index contributed by atoms with van der Waals surface area (Å²) in [6, 6.07) is 10.9. The Bertz CT molecular complexity index is 989. The molecule has 3 rings (SSSR count). The van der Waals surface area contributed by atoms with Crippen LogP contribution in [0.25, 0.3) is 11.0 Å². The van der Waals surface area contributed by atoms with Gasteiger partial charge in [-0.1, -0.05) is 18.2 Å². The number of methoxy groups -OCH3 is 1. The predicted molar refractivity (Wildman–Crippen MR) is 102 cm³/mol. The normalized spacial score (nSPS) is 10.6. The molecule has 1 aromatic heterocycles. The van der Waals surface area contributed by atoms with E-state index >= 15 is 0 Å². The van der Waals surface area contributed by atoms with Gasteiger partial charge in [-0.05, 0) is 37.1 Å². The van der Waals surface area contributed by atoms with Crippen molar-refractivity contribution in [1.82, 2.24) is 0 Å². The minimum Gasteiger partial charge on any atom is -0.497 e. The summed E-state index contributed by atoms with van der Waals surface area (Å²) in [5, 5.41) is 3.54. The fourth-order valence-electron chi connectivity index (χ4n) is 2.78. The van der Waals surface area contributed by atoms with Gasteiger partial charge in [0.25, 0.3) is 5.91 Å². The van der Waals surface area contributed by atoms with Crippen LogP contribution in [-0.2, 0) is 20.7 Å². The second kappa shape index (κ2) is 7.95. The highest BCUT2D eigenvalue weighted by Crippen LogP contribution is 2.26. The second-order valence-electron chi connectivity index (χ2n) is 6.26. The third-order valence-electron chi connectivity index (χ3n) is 4.39. The molecule has 0 fully saturated rings. The molecule has 1 amide bonds. The first kappa shape index (κ1) is 18.5. The Balaban J connectivity index is 1.57. The molecule has 6 heteroatoms. The smallest absolute Gasteiger partial charge is 0.310 e. The number of fused-ring (bicyclic) bond motifs is 1. The Hall–Kier alpha value is -3.28. The summed E-state index contributed by atoms with van der Waals surface area (Å²) in [6.45, 7) is 3.63. The van der Waals surface area contributed by atoms with Gasteiger partial charge in [0.1, 0.15) is 11.3 Å². The van der Waals surface area contributed by atoms with E-state index in [2.05, 4.69) is 5.32 Å². The zero-order valence-electron chi connectivity index (χ0n) is 15.5. The van der Waals surface area contributed by atoms with E-state index in [9.17, 15) is 9.59 Å². The summed E-state index contributed by atoms with van der Waals surface area (Å²) < 4.78 is 15.8. The highest BCUT2D eigenvalue weighted by Gasteiger charge is 2.15. The number of anilines is 1. The minimum absolute atomic E-state index is 0.0436. The summed E-state index contributed by atoms with van der Waals surface area (Å²) in [5.74, 6) is -0.279. The molecule has 0 aliphatic carbocycles. The number of hydrogen-bond donors (Lipinski definition) is 1. The van der Waals surface area contributed by atoms with Gasteiger partial charge < -0.3 is 19.2 Å². The maximum absolute atomic E-state index is 12.1. The van der Waals surface area contributed by atoms with Gasteiger partial charge in [-0.2, -0.15) is 0 Å². The molecular formula is C21H21NO5. The number of hydrogen-bond acceptors (Lipinski definition) is 5. The highest BCUT2D eigenvalue weighted by atomic mass is 16.5. The average Bonchev–Trinajstić information content (AvgIpc) is 3.06. The molecule has 1 N–H and O–H groups in total. The molecule has 27 heavy (non-hydrogen) atoms. The third kappa shape index (κ3) is 4.28. The van der Waals surface area contributed by atoms with Gasteiger partial charge in [-0.25, -0.2) is 0 Å². The molecule has 1 heterocycles. The summed E-state index contributed by atoms with van der Waals surface area (Å²) in [7, 11) is 1.55. The van der Waals surface area contributed by atoms with Crippen molar-refractivity contribution in [3.63, 3.8) is 0 Å². The zero-order chi connectivity index (χ0) is 19.4. The quantitative estimate of drug-likeness (QED) is 0.671. The Morgan fingerprint density at radius 1 is 1.15 bits per heavy atom. The van der Waals surface area contributed by atoms with Crippen molar-refractivity contribution in [2.24, 2.45) is 0 Å². The van der Waals surface area contributed by atoms with Gasteiger partial charge in [-0.15, -0.1) is 0 Å². The lowest BCUT2D eigenvalue weighted by atomic mass is 10.0. The van der Waals surface area contributed by atoms with E-state index < -0.39 is 11.9 Å². The summed E-state index contributed by atoms with van der Waals surface area (Å²) in [6.07, 6.45) is 1.61. The van der Waals surface area contributed by atoms with Crippen molar-refractivity contribution in [3.05, 3.63) is 59.4 Å². The van der Waals surface area contributed by atoms with E-state index in [1.54, 1.807) is 37.6 Å². The average molecular weight is 367 g/mol. The molecule has 0 aliphatic heterocycles. The van der Waals surface area contributed by atoms with Gasteiger partial charge in [-0.3, -0.25) is 9.59 Å². The summed E-state index contributed by atoms with van der Waals surface area (Å²) >= 11 is 0. The van der Waals surface area contributed by atoms with Crippen molar-refractivity contribution >= 4 is 28.5 Å². The Kier molecular flexibility index (Phi) is 5.45. The monoisotopic (exact) mass is 367 g/mol. The van der Waals surface area contributed by atoms with Crippen molar-refractivity contribution in [3.8, 4) is 5.75 Å². The number of ether oxygens (including phenoxy) is 2. The zero-order valence-corrected chi connectivity index (χ0v) is 15.5. The lowest BCUT2D eigenvalue weighted by Crippen LogP contribution is -2.21. The molecule has 0 radical (unpaired) electrons. The number of aryl methyl sites for hydroxylation is 2. The first-order valence-corrected chi connectivity index (χ1v) is 8.53. The lowest BCUT2D eigenvalue weighted by molar-refractivity contribution is -0.146. The highest BCUT2D eigenvalue weighted by molar-refractivity contribution is 5.93. The number of carbonyl (C=O) groups is 2. The van der Waals surface area contributed by atoms with Crippen LogP contribution in [-0.4, -0.2) is 25.6 Å². The minimum atomic E-state index is -0.489. The molecule has 140 valence electrons.